The van der Waals surface area contributed by atoms with Gasteiger partial charge >= 0.3 is 0 Å². The number of hydrogen-bond donors (Lipinski definition) is 0. The fourth-order valence-corrected chi connectivity index (χ4v) is 1.88. The van der Waals surface area contributed by atoms with E-state index in [1.54, 1.807) is 0 Å². The highest BCUT2D eigenvalue weighted by molar-refractivity contribution is 8.13. The summed E-state index contributed by atoms with van der Waals surface area (Å²) >= 11 is 5.41. The summed E-state index contributed by atoms with van der Waals surface area (Å²) < 4.78 is 47.5. The SMILES string of the molecule is O=S(=O)(Cl)CCc1c(F)ccc(Cl)c1F. The van der Waals surface area contributed by atoms with E-state index in [1.807, 2.05) is 0 Å². The molecule has 0 bridgehead atoms. The molecular formula is C8H6Cl2F2O2S. The van der Waals surface area contributed by atoms with Crippen molar-refractivity contribution in [3.63, 3.8) is 0 Å². The summed E-state index contributed by atoms with van der Waals surface area (Å²) in [6.07, 6.45) is -0.343. The van der Waals surface area contributed by atoms with E-state index >= 15 is 0 Å². The minimum absolute atomic E-state index is 0.252. The van der Waals surface area contributed by atoms with Gasteiger partial charge in [-0.1, -0.05) is 11.6 Å². The van der Waals surface area contributed by atoms with Crippen LogP contribution < -0.4 is 0 Å². The fourth-order valence-electron chi connectivity index (χ4n) is 1.02. The molecule has 0 amide bonds. The van der Waals surface area contributed by atoms with Crippen molar-refractivity contribution in [3.05, 3.63) is 34.4 Å². The summed E-state index contributed by atoms with van der Waals surface area (Å²) in [5.41, 5.74) is -0.369. The predicted molar refractivity (Wildman–Crippen MR) is 54.7 cm³/mol. The average Bonchev–Trinajstić information content (AvgIpc) is 2.10. The molecular weight excluding hydrogens is 269 g/mol. The first kappa shape index (κ1) is 12.7. The molecule has 0 unspecified atom stereocenters. The zero-order valence-electron chi connectivity index (χ0n) is 7.31. The Labute approximate surface area is 95.2 Å². The molecule has 15 heavy (non-hydrogen) atoms. The van der Waals surface area contributed by atoms with E-state index < -0.39 is 26.4 Å². The molecule has 0 aliphatic heterocycles. The first-order chi connectivity index (χ1) is 6.81. The van der Waals surface area contributed by atoms with Crippen LogP contribution in [0.1, 0.15) is 5.56 Å². The Morgan fingerprint density at radius 3 is 2.40 bits per heavy atom. The number of halogens is 4. The minimum Gasteiger partial charge on any atom is -0.212 e. The molecule has 0 saturated carbocycles. The number of rotatable bonds is 3. The molecule has 0 aromatic heterocycles. The van der Waals surface area contributed by atoms with Gasteiger partial charge in [0.1, 0.15) is 11.6 Å². The van der Waals surface area contributed by atoms with E-state index in [4.69, 9.17) is 22.3 Å². The van der Waals surface area contributed by atoms with Gasteiger partial charge in [-0.15, -0.1) is 0 Å². The molecule has 0 fully saturated rings. The first-order valence-electron chi connectivity index (χ1n) is 3.86. The van der Waals surface area contributed by atoms with Crippen LogP contribution in [0.5, 0.6) is 0 Å². The quantitative estimate of drug-likeness (QED) is 0.628. The van der Waals surface area contributed by atoms with E-state index in [0.717, 1.165) is 12.1 Å². The summed E-state index contributed by atoms with van der Waals surface area (Å²) in [6, 6.07) is 2.03. The van der Waals surface area contributed by atoms with Gasteiger partial charge in [-0.2, -0.15) is 0 Å². The van der Waals surface area contributed by atoms with Gasteiger partial charge < -0.3 is 0 Å². The highest BCUT2D eigenvalue weighted by Crippen LogP contribution is 2.22. The maximum atomic E-state index is 13.2. The second kappa shape index (κ2) is 4.63. The van der Waals surface area contributed by atoms with Crippen LogP contribution in [0.25, 0.3) is 0 Å². The molecule has 84 valence electrons. The molecule has 0 aliphatic rings. The molecule has 1 aromatic carbocycles. The predicted octanol–water partition coefficient (Wildman–Crippen LogP) is 2.73. The van der Waals surface area contributed by atoms with Crippen molar-refractivity contribution in [3.8, 4) is 0 Å². The van der Waals surface area contributed by atoms with Gasteiger partial charge in [0.05, 0.1) is 10.8 Å². The number of benzene rings is 1. The van der Waals surface area contributed by atoms with Gasteiger partial charge in [-0.05, 0) is 18.6 Å². The zero-order chi connectivity index (χ0) is 11.6. The van der Waals surface area contributed by atoms with E-state index in [2.05, 4.69) is 0 Å². The summed E-state index contributed by atoms with van der Waals surface area (Å²) in [7, 11) is 1.15. The van der Waals surface area contributed by atoms with Crippen LogP contribution in [-0.2, 0) is 15.5 Å². The fraction of sp³-hybridized carbons (Fsp3) is 0.250. The summed E-state index contributed by atoms with van der Waals surface area (Å²) in [4.78, 5) is 0. The van der Waals surface area contributed by atoms with E-state index in [-0.39, 0.29) is 17.0 Å². The molecule has 0 radical (unpaired) electrons. The standard InChI is InChI=1S/C8H6Cl2F2O2S/c9-6-1-2-7(11)5(8(6)12)3-4-15(10,13)14/h1-2H,3-4H2. The Balaban J connectivity index is 2.99. The molecule has 7 heteroatoms. The second-order valence-electron chi connectivity index (χ2n) is 2.81. The van der Waals surface area contributed by atoms with Gasteiger partial charge in [0, 0.05) is 16.2 Å². The van der Waals surface area contributed by atoms with Crippen LogP contribution in [0.4, 0.5) is 8.78 Å². The summed E-state index contributed by atoms with van der Waals surface area (Å²) in [5, 5.41) is -0.252. The van der Waals surface area contributed by atoms with Crippen molar-refractivity contribution in [1.29, 1.82) is 0 Å². The van der Waals surface area contributed by atoms with Crippen LogP contribution in [0.3, 0.4) is 0 Å². The van der Waals surface area contributed by atoms with Crippen LogP contribution in [0.2, 0.25) is 5.02 Å². The third-order valence-corrected chi connectivity index (χ3v) is 3.18. The molecule has 0 saturated heterocycles. The lowest BCUT2D eigenvalue weighted by Crippen LogP contribution is -2.05. The van der Waals surface area contributed by atoms with Gasteiger partial charge in [0.25, 0.3) is 0 Å². The van der Waals surface area contributed by atoms with Gasteiger partial charge in [-0.25, -0.2) is 17.2 Å². The molecule has 0 spiro atoms. The van der Waals surface area contributed by atoms with Gasteiger partial charge in [0.15, 0.2) is 0 Å². The van der Waals surface area contributed by atoms with Crippen LogP contribution in [0.15, 0.2) is 12.1 Å². The van der Waals surface area contributed by atoms with Crippen molar-refractivity contribution >= 4 is 31.3 Å². The Morgan fingerprint density at radius 2 is 1.87 bits per heavy atom. The van der Waals surface area contributed by atoms with Crippen molar-refractivity contribution in [2.75, 3.05) is 5.75 Å². The smallest absolute Gasteiger partial charge is 0.212 e. The van der Waals surface area contributed by atoms with Crippen molar-refractivity contribution < 1.29 is 17.2 Å². The van der Waals surface area contributed by atoms with Crippen molar-refractivity contribution in [2.45, 2.75) is 6.42 Å². The molecule has 0 atom stereocenters. The molecule has 0 aliphatic carbocycles. The number of hydrogen-bond acceptors (Lipinski definition) is 2. The maximum Gasteiger partial charge on any atom is 0.232 e. The zero-order valence-corrected chi connectivity index (χ0v) is 9.63. The lowest BCUT2D eigenvalue weighted by Gasteiger charge is -2.04. The Kier molecular flexibility index (Phi) is 3.92. The molecule has 0 N–H and O–H groups in total. The molecule has 1 aromatic rings. The van der Waals surface area contributed by atoms with Gasteiger partial charge in [-0.3, -0.25) is 0 Å². The van der Waals surface area contributed by atoms with E-state index in [1.165, 1.54) is 0 Å². The monoisotopic (exact) mass is 274 g/mol. The molecule has 0 heterocycles. The first-order valence-corrected chi connectivity index (χ1v) is 6.71. The molecule has 2 nitrogen and oxygen atoms in total. The lowest BCUT2D eigenvalue weighted by atomic mass is 10.1. The highest BCUT2D eigenvalue weighted by Gasteiger charge is 2.15. The Morgan fingerprint density at radius 1 is 1.27 bits per heavy atom. The Bertz CT molecular complexity index is 474. The van der Waals surface area contributed by atoms with E-state index in [0.29, 0.717) is 0 Å². The average molecular weight is 275 g/mol. The van der Waals surface area contributed by atoms with Gasteiger partial charge in [0.2, 0.25) is 9.05 Å². The normalized spacial score (nSPS) is 11.7. The maximum absolute atomic E-state index is 13.2. The highest BCUT2D eigenvalue weighted by atomic mass is 35.7. The van der Waals surface area contributed by atoms with Crippen LogP contribution >= 0.6 is 22.3 Å². The minimum atomic E-state index is -3.77. The third-order valence-electron chi connectivity index (χ3n) is 1.73. The van der Waals surface area contributed by atoms with Crippen LogP contribution in [0, 0.1) is 11.6 Å². The van der Waals surface area contributed by atoms with E-state index in [9.17, 15) is 17.2 Å². The lowest BCUT2D eigenvalue weighted by molar-refractivity contribution is 0.558. The topological polar surface area (TPSA) is 34.1 Å². The Hall–Kier alpha value is -0.390. The van der Waals surface area contributed by atoms with Crippen LogP contribution in [-0.4, -0.2) is 14.2 Å². The summed E-state index contributed by atoms with van der Waals surface area (Å²) in [5.74, 6) is -2.32. The summed E-state index contributed by atoms with van der Waals surface area (Å²) in [6.45, 7) is 0. The second-order valence-corrected chi connectivity index (χ2v) is 6.12. The largest absolute Gasteiger partial charge is 0.232 e. The van der Waals surface area contributed by atoms with Crippen molar-refractivity contribution in [1.82, 2.24) is 0 Å². The third kappa shape index (κ3) is 3.59. The molecule has 1 rings (SSSR count). The van der Waals surface area contributed by atoms with Crippen molar-refractivity contribution in [2.24, 2.45) is 0 Å².